The number of nitrogens with zero attached hydrogens (tertiary/aromatic N) is 6. The molecule has 1 fully saturated rings. The second kappa shape index (κ2) is 10.1. The molecule has 0 spiro atoms. The van der Waals surface area contributed by atoms with Gasteiger partial charge in [-0.25, -0.2) is 13.5 Å². The van der Waals surface area contributed by atoms with E-state index in [1.165, 1.54) is 18.2 Å². The van der Waals surface area contributed by atoms with Crippen LogP contribution in [0.4, 0.5) is 8.78 Å². The summed E-state index contributed by atoms with van der Waals surface area (Å²) in [5, 5.41) is 12.3. The lowest BCUT2D eigenvalue weighted by atomic mass is 10.0. The Kier molecular flexibility index (Phi) is 7.47. The highest BCUT2D eigenvalue weighted by molar-refractivity contribution is 5.85. The summed E-state index contributed by atoms with van der Waals surface area (Å²) in [6.45, 7) is 6.98. The predicted molar refractivity (Wildman–Crippen MR) is 112 cm³/mol. The standard InChI is InChI=1S/C21H24F2N6.ClH/c1-2-27-11-13-28(14-12-27)20(18-5-3-4-6-19(18)23)21-24-25-26-29(21)15-16-7-9-17(22)10-8-16;/h3-10,20H,2,11-15H2,1H3;1H. The summed E-state index contributed by atoms with van der Waals surface area (Å²) >= 11 is 0. The van der Waals surface area contributed by atoms with Gasteiger partial charge in [-0.2, -0.15) is 0 Å². The monoisotopic (exact) mass is 434 g/mol. The van der Waals surface area contributed by atoms with Crippen molar-refractivity contribution in [2.24, 2.45) is 0 Å². The SMILES string of the molecule is CCN1CCN(C(c2ccccc2F)c2nnnn2Cc2ccc(F)cc2)CC1.Cl. The number of piperazine rings is 1. The Labute approximate surface area is 180 Å². The summed E-state index contributed by atoms with van der Waals surface area (Å²) < 4.78 is 29.7. The molecule has 2 aromatic carbocycles. The average Bonchev–Trinajstić information content (AvgIpc) is 3.19. The van der Waals surface area contributed by atoms with E-state index in [9.17, 15) is 8.78 Å². The van der Waals surface area contributed by atoms with Crippen LogP contribution in [0.25, 0.3) is 0 Å². The molecule has 4 rings (SSSR count). The summed E-state index contributed by atoms with van der Waals surface area (Å²) in [4.78, 5) is 4.60. The van der Waals surface area contributed by atoms with Crippen LogP contribution in [0.2, 0.25) is 0 Å². The number of tetrazole rings is 1. The van der Waals surface area contributed by atoms with Crippen molar-refractivity contribution in [1.29, 1.82) is 0 Å². The predicted octanol–water partition coefficient (Wildman–Crippen LogP) is 3.15. The molecule has 1 atom stereocenters. The molecule has 2 heterocycles. The topological polar surface area (TPSA) is 50.1 Å². The summed E-state index contributed by atoms with van der Waals surface area (Å²) in [5.41, 5.74) is 1.44. The fourth-order valence-electron chi connectivity index (χ4n) is 3.82. The third-order valence-electron chi connectivity index (χ3n) is 5.47. The number of rotatable bonds is 6. The van der Waals surface area contributed by atoms with E-state index in [-0.39, 0.29) is 30.1 Å². The largest absolute Gasteiger partial charge is 0.301 e. The highest BCUT2D eigenvalue weighted by Gasteiger charge is 2.32. The van der Waals surface area contributed by atoms with Gasteiger partial charge in [-0.1, -0.05) is 37.3 Å². The summed E-state index contributed by atoms with van der Waals surface area (Å²) in [6.07, 6.45) is 0. The molecular formula is C21H25ClF2N6. The molecule has 9 heteroatoms. The second-order valence-electron chi connectivity index (χ2n) is 7.22. The molecule has 30 heavy (non-hydrogen) atoms. The van der Waals surface area contributed by atoms with Gasteiger partial charge in [0, 0.05) is 31.7 Å². The Morgan fingerprint density at radius 3 is 2.33 bits per heavy atom. The molecule has 1 unspecified atom stereocenters. The summed E-state index contributed by atoms with van der Waals surface area (Å²) in [5.74, 6) is 0.0276. The first-order chi connectivity index (χ1) is 14.2. The van der Waals surface area contributed by atoms with E-state index >= 15 is 0 Å². The van der Waals surface area contributed by atoms with Gasteiger partial charge in [-0.05, 0) is 40.7 Å². The second-order valence-corrected chi connectivity index (χ2v) is 7.22. The van der Waals surface area contributed by atoms with Gasteiger partial charge in [0.1, 0.15) is 17.7 Å². The average molecular weight is 435 g/mol. The van der Waals surface area contributed by atoms with Crippen LogP contribution >= 0.6 is 12.4 Å². The summed E-state index contributed by atoms with van der Waals surface area (Å²) in [6, 6.07) is 12.6. The third kappa shape index (κ3) is 4.83. The van der Waals surface area contributed by atoms with E-state index in [0.717, 1.165) is 38.3 Å². The van der Waals surface area contributed by atoms with Gasteiger partial charge < -0.3 is 4.90 Å². The highest BCUT2D eigenvalue weighted by atomic mass is 35.5. The highest BCUT2D eigenvalue weighted by Crippen LogP contribution is 2.30. The number of hydrogen-bond donors (Lipinski definition) is 0. The molecule has 0 amide bonds. The van der Waals surface area contributed by atoms with Crippen LogP contribution in [-0.2, 0) is 6.54 Å². The van der Waals surface area contributed by atoms with Crippen molar-refractivity contribution in [2.45, 2.75) is 19.5 Å². The van der Waals surface area contributed by atoms with Crippen LogP contribution in [0.5, 0.6) is 0 Å². The number of likely N-dealkylation sites (N-methyl/N-ethyl adjacent to an activating group) is 1. The molecule has 1 aromatic heterocycles. The van der Waals surface area contributed by atoms with Crippen molar-refractivity contribution in [1.82, 2.24) is 30.0 Å². The van der Waals surface area contributed by atoms with Gasteiger partial charge in [-0.3, -0.25) is 4.90 Å². The van der Waals surface area contributed by atoms with Crippen LogP contribution in [0.3, 0.4) is 0 Å². The molecule has 1 aliphatic heterocycles. The zero-order valence-electron chi connectivity index (χ0n) is 16.8. The van der Waals surface area contributed by atoms with Gasteiger partial charge >= 0.3 is 0 Å². The molecule has 0 aliphatic carbocycles. The number of halogens is 3. The minimum Gasteiger partial charge on any atom is -0.301 e. The Hall–Kier alpha value is -2.42. The minimum absolute atomic E-state index is 0. The van der Waals surface area contributed by atoms with Gasteiger partial charge in [0.2, 0.25) is 0 Å². The maximum absolute atomic E-state index is 14.8. The zero-order valence-corrected chi connectivity index (χ0v) is 17.6. The molecule has 1 saturated heterocycles. The van der Waals surface area contributed by atoms with Crippen LogP contribution < -0.4 is 0 Å². The molecule has 0 radical (unpaired) electrons. The van der Waals surface area contributed by atoms with Crippen molar-refractivity contribution in [3.8, 4) is 0 Å². The smallest absolute Gasteiger partial charge is 0.173 e. The first-order valence-corrected chi connectivity index (χ1v) is 9.87. The molecule has 3 aromatic rings. The molecule has 0 N–H and O–H groups in total. The molecule has 160 valence electrons. The van der Waals surface area contributed by atoms with Crippen LogP contribution in [-0.4, -0.2) is 62.7 Å². The minimum atomic E-state index is -0.384. The van der Waals surface area contributed by atoms with Gasteiger partial charge in [-0.15, -0.1) is 17.5 Å². The molecule has 6 nitrogen and oxygen atoms in total. The fourth-order valence-corrected chi connectivity index (χ4v) is 3.82. The number of benzene rings is 2. The summed E-state index contributed by atoms with van der Waals surface area (Å²) in [7, 11) is 0. The van der Waals surface area contributed by atoms with E-state index in [1.807, 2.05) is 6.07 Å². The quantitative estimate of drug-likeness (QED) is 0.596. The van der Waals surface area contributed by atoms with Crippen molar-refractivity contribution < 1.29 is 8.78 Å². The first kappa shape index (κ1) is 22.3. The number of hydrogen-bond acceptors (Lipinski definition) is 5. The van der Waals surface area contributed by atoms with Crippen molar-refractivity contribution in [2.75, 3.05) is 32.7 Å². The maximum Gasteiger partial charge on any atom is 0.173 e. The third-order valence-corrected chi connectivity index (χ3v) is 5.47. The first-order valence-electron chi connectivity index (χ1n) is 9.87. The van der Waals surface area contributed by atoms with Crippen LogP contribution in [0, 0.1) is 11.6 Å². The Morgan fingerprint density at radius 1 is 0.967 bits per heavy atom. The maximum atomic E-state index is 14.8. The van der Waals surface area contributed by atoms with Gasteiger partial charge in [0.15, 0.2) is 5.82 Å². The van der Waals surface area contributed by atoms with Crippen molar-refractivity contribution in [3.05, 3.63) is 77.1 Å². The van der Waals surface area contributed by atoms with Gasteiger partial charge in [0.25, 0.3) is 0 Å². The van der Waals surface area contributed by atoms with E-state index in [4.69, 9.17) is 0 Å². The zero-order chi connectivity index (χ0) is 20.2. The van der Waals surface area contributed by atoms with Gasteiger partial charge in [0.05, 0.1) is 6.54 Å². The van der Waals surface area contributed by atoms with Crippen LogP contribution in [0.15, 0.2) is 48.5 Å². The van der Waals surface area contributed by atoms with Crippen LogP contribution in [0.1, 0.15) is 29.9 Å². The molecule has 0 saturated carbocycles. The van der Waals surface area contributed by atoms with E-state index in [1.54, 1.807) is 28.9 Å². The van der Waals surface area contributed by atoms with Crippen molar-refractivity contribution >= 4 is 12.4 Å². The fraction of sp³-hybridized carbons (Fsp3) is 0.381. The Morgan fingerprint density at radius 2 is 1.67 bits per heavy atom. The van der Waals surface area contributed by atoms with E-state index < -0.39 is 0 Å². The molecule has 1 aliphatic rings. The normalized spacial score (nSPS) is 16.2. The van der Waals surface area contributed by atoms with E-state index in [0.29, 0.717) is 17.9 Å². The molecule has 0 bridgehead atoms. The Balaban J connectivity index is 0.00000256. The molecular weight excluding hydrogens is 410 g/mol. The Bertz CT molecular complexity index is 941. The lowest BCUT2D eigenvalue weighted by molar-refractivity contribution is 0.107. The number of aromatic nitrogens is 4. The van der Waals surface area contributed by atoms with E-state index in [2.05, 4.69) is 32.2 Å². The lowest BCUT2D eigenvalue weighted by Gasteiger charge is -2.38. The van der Waals surface area contributed by atoms with Crippen molar-refractivity contribution in [3.63, 3.8) is 0 Å². The lowest BCUT2D eigenvalue weighted by Crippen LogP contribution is -2.48.